The molecule has 2 nitrogen and oxygen atoms in total. The zero-order valence-electron chi connectivity index (χ0n) is 8.60. The van der Waals surface area contributed by atoms with E-state index in [0.29, 0.717) is 0 Å². The van der Waals surface area contributed by atoms with E-state index in [1.165, 1.54) is 0 Å². The van der Waals surface area contributed by atoms with Crippen LogP contribution in [0.2, 0.25) is 0 Å². The molecular weight excluding hydrogens is 176 g/mol. The van der Waals surface area contributed by atoms with E-state index in [4.69, 9.17) is 4.74 Å². The Hall–Kier alpha value is -1.28. The lowest BCUT2D eigenvalue weighted by atomic mass is 10.1. The third kappa shape index (κ3) is 2.60. The van der Waals surface area contributed by atoms with Crippen molar-refractivity contribution in [2.45, 2.75) is 26.1 Å². The Bertz CT molecular complexity index is 305. The summed E-state index contributed by atoms with van der Waals surface area (Å²) >= 11 is 0. The minimum atomic E-state index is -0.511. The van der Waals surface area contributed by atoms with Crippen LogP contribution in [0.1, 0.15) is 25.5 Å². The Morgan fingerprint density at radius 3 is 2.57 bits per heavy atom. The van der Waals surface area contributed by atoms with E-state index < -0.39 is 6.10 Å². The van der Waals surface area contributed by atoms with Crippen molar-refractivity contribution in [3.05, 3.63) is 42.5 Å². The predicted molar refractivity (Wildman–Crippen MR) is 57.4 cm³/mol. The first kappa shape index (κ1) is 10.8. The van der Waals surface area contributed by atoms with Crippen LogP contribution in [0, 0.1) is 0 Å². The van der Waals surface area contributed by atoms with Gasteiger partial charge in [0.05, 0.1) is 6.10 Å². The van der Waals surface area contributed by atoms with E-state index in [2.05, 4.69) is 6.58 Å². The van der Waals surface area contributed by atoms with Crippen molar-refractivity contribution in [1.82, 2.24) is 0 Å². The molecule has 1 rings (SSSR count). The van der Waals surface area contributed by atoms with Crippen LogP contribution in [0.4, 0.5) is 0 Å². The number of ether oxygens (including phenoxy) is 1. The van der Waals surface area contributed by atoms with Gasteiger partial charge in [-0.2, -0.15) is 0 Å². The Morgan fingerprint density at radius 1 is 1.36 bits per heavy atom. The number of para-hydroxylation sites is 1. The molecule has 2 atom stereocenters. The van der Waals surface area contributed by atoms with E-state index in [-0.39, 0.29) is 6.10 Å². The molecular formula is C12H16O2. The van der Waals surface area contributed by atoms with Crippen LogP contribution in [0.5, 0.6) is 5.75 Å². The first-order chi connectivity index (χ1) is 6.65. The summed E-state index contributed by atoms with van der Waals surface area (Å²) in [4.78, 5) is 0. The van der Waals surface area contributed by atoms with Crippen molar-refractivity contribution in [2.24, 2.45) is 0 Å². The van der Waals surface area contributed by atoms with Crippen LogP contribution in [0.25, 0.3) is 0 Å². The lowest BCUT2D eigenvalue weighted by Gasteiger charge is -2.15. The Kier molecular flexibility index (Phi) is 3.72. The third-order valence-electron chi connectivity index (χ3n) is 2.01. The monoisotopic (exact) mass is 192 g/mol. The largest absolute Gasteiger partial charge is 0.486 e. The molecule has 0 amide bonds. The second kappa shape index (κ2) is 4.82. The Balaban J connectivity index is 2.89. The summed E-state index contributed by atoms with van der Waals surface area (Å²) in [6.07, 6.45) is 1.16. The molecule has 1 aromatic carbocycles. The third-order valence-corrected chi connectivity index (χ3v) is 2.01. The lowest BCUT2D eigenvalue weighted by molar-refractivity contribution is 0.187. The zero-order valence-corrected chi connectivity index (χ0v) is 8.60. The van der Waals surface area contributed by atoms with Crippen molar-refractivity contribution < 1.29 is 9.84 Å². The normalized spacial score (nSPS) is 14.5. The van der Waals surface area contributed by atoms with Gasteiger partial charge in [0.2, 0.25) is 0 Å². The number of hydrogen-bond donors (Lipinski definition) is 1. The average Bonchev–Trinajstić information content (AvgIpc) is 2.18. The molecule has 0 saturated carbocycles. The van der Waals surface area contributed by atoms with Crippen LogP contribution < -0.4 is 4.74 Å². The topological polar surface area (TPSA) is 29.5 Å². The number of rotatable bonds is 4. The van der Waals surface area contributed by atoms with Crippen LogP contribution in [-0.4, -0.2) is 11.2 Å². The zero-order chi connectivity index (χ0) is 10.6. The van der Waals surface area contributed by atoms with Crippen LogP contribution in [0.3, 0.4) is 0 Å². The maximum absolute atomic E-state index is 9.48. The van der Waals surface area contributed by atoms with Crippen molar-refractivity contribution in [2.75, 3.05) is 0 Å². The standard InChI is InChI=1S/C12H16O2/c1-4-9(2)14-12-8-6-5-7-11(12)10(3)13/h4-10,13H,1H2,2-3H3. The molecule has 0 bridgehead atoms. The highest BCUT2D eigenvalue weighted by Crippen LogP contribution is 2.25. The van der Waals surface area contributed by atoms with Gasteiger partial charge in [0, 0.05) is 5.56 Å². The van der Waals surface area contributed by atoms with Gasteiger partial charge in [0.15, 0.2) is 0 Å². The highest BCUT2D eigenvalue weighted by Gasteiger charge is 2.09. The van der Waals surface area contributed by atoms with Gasteiger partial charge in [-0.15, -0.1) is 0 Å². The first-order valence-corrected chi connectivity index (χ1v) is 4.71. The number of aliphatic hydroxyl groups excluding tert-OH is 1. The fourth-order valence-corrected chi connectivity index (χ4v) is 1.18. The molecule has 0 spiro atoms. The summed E-state index contributed by atoms with van der Waals surface area (Å²) in [5.74, 6) is 0.718. The molecule has 14 heavy (non-hydrogen) atoms. The number of aliphatic hydroxyl groups is 1. The lowest BCUT2D eigenvalue weighted by Crippen LogP contribution is -2.09. The van der Waals surface area contributed by atoms with E-state index in [1.807, 2.05) is 31.2 Å². The first-order valence-electron chi connectivity index (χ1n) is 4.71. The van der Waals surface area contributed by atoms with Crippen LogP contribution >= 0.6 is 0 Å². The van der Waals surface area contributed by atoms with Gasteiger partial charge in [-0.05, 0) is 19.9 Å². The van der Waals surface area contributed by atoms with Gasteiger partial charge < -0.3 is 9.84 Å². The molecule has 0 heterocycles. The highest BCUT2D eigenvalue weighted by atomic mass is 16.5. The van der Waals surface area contributed by atoms with Crippen molar-refractivity contribution >= 4 is 0 Å². The van der Waals surface area contributed by atoms with Gasteiger partial charge in [0.1, 0.15) is 11.9 Å². The fraction of sp³-hybridized carbons (Fsp3) is 0.333. The summed E-state index contributed by atoms with van der Waals surface area (Å²) in [6.45, 7) is 7.28. The SMILES string of the molecule is C=CC(C)Oc1ccccc1C(C)O. The van der Waals surface area contributed by atoms with Crippen LogP contribution in [-0.2, 0) is 0 Å². The molecule has 0 radical (unpaired) electrons. The Labute approximate surface area is 84.8 Å². The minimum absolute atomic E-state index is 0.0464. The molecule has 0 aromatic heterocycles. The molecule has 0 aliphatic carbocycles. The summed E-state index contributed by atoms with van der Waals surface area (Å²) < 4.78 is 5.58. The number of benzene rings is 1. The summed E-state index contributed by atoms with van der Waals surface area (Å²) in [5, 5.41) is 9.48. The molecule has 1 N–H and O–H groups in total. The highest BCUT2D eigenvalue weighted by molar-refractivity contribution is 5.35. The van der Waals surface area contributed by atoms with Crippen LogP contribution in [0.15, 0.2) is 36.9 Å². The molecule has 2 heteroatoms. The van der Waals surface area contributed by atoms with Crippen molar-refractivity contribution in [1.29, 1.82) is 0 Å². The van der Waals surface area contributed by atoms with E-state index in [1.54, 1.807) is 13.0 Å². The van der Waals surface area contributed by atoms with E-state index >= 15 is 0 Å². The molecule has 76 valence electrons. The summed E-state index contributed by atoms with van der Waals surface area (Å²) in [7, 11) is 0. The minimum Gasteiger partial charge on any atom is -0.486 e. The molecule has 0 aliphatic rings. The van der Waals surface area contributed by atoms with Gasteiger partial charge in [-0.1, -0.05) is 30.9 Å². The molecule has 1 aromatic rings. The van der Waals surface area contributed by atoms with E-state index in [9.17, 15) is 5.11 Å². The van der Waals surface area contributed by atoms with Gasteiger partial charge >= 0.3 is 0 Å². The molecule has 2 unspecified atom stereocenters. The summed E-state index contributed by atoms with van der Waals surface area (Å²) in [6, 6.07) is 7.47. The van der Waals surface area contributed by atoms with Crippen molar-refractivity contribution in [3.8, 4) is 5.75 Å². The summed E-state index contributed by atoms with van der Waals surface area (Å²) in [5.41, 5.74) is 0.807. The smallest absolute Gasteiger partial charge is 0.125 e. The van der Waals surface area contributed by atoms with Crippen molar-refractivity contribution in [3.63, 3.8) is 0 Å². The number of hydrogen-bond acceptors (Lipinski definition) is 2. The quantitative estimate of drug-likeness (QED) is 0.743. The Morgan fingerprint density at radius 2 is 2.00 bits per heavy atom. The average molecular weight is 192 g/mol. The van der Waals surface area contributed by atoms with Gasteiger partial charge in [0.25, 0.3) is 0 Å². The predicted octanol–water partition coefficient (Wildman–Crippen LogP) is 2.69. The molecule has 0 aliphatic heterocycles. The molecule has 0 saturated heterocycles. The van der Waals surface area contributed by atoms with Gasteiger partial charge in [-0.3, -0.25) is 0 Å². The maximum Gasteiger partial charge on any atom is 0.125 e. The van der Waals surface area contributed by atoms with Gasteiger partial charge in [-0.25, -0.2) is 0 Å². The second-order valence-corrected chi connectivity index (χ2v) is 3.27. The maximum atomic E-state index is 9.48. The molecule has 0 fully saturated rings. The second-order valence-electron chi connectivity index (χ2n) is 3.27. The van der Waals surface area contributed by atoms with E-state index in [0.717, 1.165) is 11.3 Å². The fourth-order valence-electron chi connectivity index (χ4n) is 1.18.